The second-order valence-corrected chi connectivity index (χ2v) is 5.20. The van der Waals surface area contributed by atoms with Gasteiger partial charge in [-0.3, -0.25) is 0 Å². The van der Waals surface area contributed by atoms with Gasteiger partial charge in [-0.1, -0.05) is 30.3 Å². The maximum Gasteiger partial charge on any atom is 0.718 e. The van der Waals surface area contributed by atoms with E-state index in [1.807, 2.05) is 30.3 Å². The summed E-state index contributed by atoms with van der Waals surface area (Å²) in [6.45, 7) is 0. The molecule has 0 amide bonds. The Morgan fingerprint density at radius 2 is 2.00 bits per heavy atom. The summed E-state index contributed by atoms with van der Waals surface area (Å²) in [6.07, 6.45) is 0. The van der Waals surface area contributed by atoms with Gasteiger partial charge in [0.25, 0.3) is 0 Å². The minimum atomic E-state index is -2.04. The van der Waals surface area contributed by atoms with Crippen molar-refractivity contribution in [2.45, 2.75) is 0 Å². The molecular weight excluding hydrogens is 195 g/mol. The highest BCUT2D eigenvalue weighted by molar-refractivity contribution is 7.36. The largest absolute Gasteiger partial charge is 0.718 e. The van der Waals surface area contributed by atoms with E-state index in [0.717, 1.165) is 5.19 Å². The Balaban J connectivity index is 2.16. The van der Waals surface area contributed by atoms with E-state index >= 15 is 0 Å². The minimum Gasteiger partial charge on any atom is -0.196 e. The molecule has 1 heterocycles. The zero-order chi connectivity index (χ0) is 8.39. The molecule has 1 aromatic rings. The average molecular weight is 201 g/mol. The van der Waals surface area contributed by atoms with Gasteiger partial charge < -0.3 is 0 Å². The van der Waals surface area contributed by atoms with E-state index in [2.05, 4.69) is 4.67 Å². The van der Waals surface area contributed by atoms with Gasteiger partial charge in [0, 0.05) is 9.24 Å². The summed E-state index contributed by atoms with van der Waals surface area (Å²) in [4.78, 5) is 0. The summed E-state index contributed by atoms with van der Waals surface area (Å²) in [5.74, 6) is 0. The summed E-state index contributed by atoms with van der Waals surface area (Å²) in [5.41, 5.74) is 0. The fraction of sp³-hybridized carbons (Fsp3) is 0. The molecule has 2 atom stereocenters. The Hall–Kier alpha value is -0.583. The van der Waals surface area contributed by atoms with Crippen LogP contribution in [0, 0.1) is 0 Å². The molecule has 0 N–H and O–H groups in total. The molecule has 1 saturated heterocycles. The lowest BCUT2D eigenvalue weighted by Crippen LogP contribution is -2.30. The zero-order valence-electron chi connectivity index (χ0n) is 6.04. The van der Waals surface area contributed by atoms with E-state index in [4.69, 9.17) is 8.79 Å². The van der Waals surface area contributed by atoms with Crippen molar-refractivity contribution in [2.24, 2.45) is 0 Å². The fourth-order valence-corrected chi connectivity index (χ4v) is 3.55. The molecule has 62 valence electrons. The van der Waals surface area contributed by atoms with Crippen molar-refractivity contribution in [1.29, 1.82) is 0 Å². The molecule has 2 unspecified atom stereocenters. The van der Waals surface area contributed by atoms with Gasteiger partial charge in [-0.2, -0.15) is 4.58 Å². The minimum absolute atomic E-state index is 0.929. The van der Waals surface area contributed by atoms with Gasteiger partial charge in [0.15, 0.2) is 0 Å². The highest BCUT2D eigenvalue weighted by atomic mass is 31.1. The zero-order valence-corrected chi connectivity index (χ0v) is 8.09. The number of benzene rings is 1. The summed E-state index contributed by atoms with van der Waals surface area (Å²) in [6, 6.07) is 9.39. The van der Waals surface area contributed by atoms with Crippen molar-refractivity contribution >= 4 is 22.7 Å². The maximum atomic E-state index is 10.6. The first-order chi connectivity index (χ1) is 5.86. The fourth-order valence-electron chi connectivity index (χ4n) is 0.914. The van der Waals surface area contributed by atoms with Crippen LogP contribution in [-0.4, -0.2) is 9.28 Å². The smallest absolute Gasteiger partial charge is 0.196 e. The van der Waals surface area contributed by atoms with Crippen molar-refractivity contribution in [3.05, 3.63) is 30.3 Å². The molecule has 0 saturated carbocycles. The standard InChI is InChI=1S/C6H6O4PSi/c7-11-8-9-12(10-11)6-4-2-1-3-5-6/h1-5,12H/q+1. The average Bonchev–Trinajstić information content (AvgIpc) is 2.54. The van der Waals surface area contributed by atoms with E-state index in [1.165, 1.54) is 0 Å². The maximum absolute atomic E-state index is 10.6. The normalized spacial score (nSPS) is 26.0. The Morgan fingerprint density at radius 1 is 1.25 bits per heavy atom. The van der Waals surface area contributed by atoms with E-state index in [-0.39, 0.29) is 0 Å². The van der Waals surface area contributed by atoms with Crippen molar-refractivity contribution in [2.75, 3.05) is 0 Å². The Labute approximate surface area is 71.8 Å². The summed E-state index contributed by atoms with van der Waals surface area (Å²) in [7, 11) is -4.04. The monoisotopic (exact) mass is 201 g/mol. The summed E-state index contributed by atoms with van der Waals surface area (Å²) < 4.78 is 24.7. The van der Waals surface area contributed by atoms with E-state index in [0.29, 0.717) is 0 Å². The van der Waals surface area contributed by atoms with Crippen LogP contribution in [0.1, 0.15) is 0 Å². The molecule has 0 spiro atoms. The predicted molar refractivity (Wildman–Crippen MR) is 44.1 cm³/mol. The second-order valence-electron chi connectivity index (χ2n) is 2.24. The van der Waals surface area contributed by atoms with Gasteiger partial charge in [-0.15, -0.1) is 4.21 Å². The van der Waals surface area contributed by atoms with E-state index in [1.54, 1.807) is 0 Å². The first-order valence-corrected chi connectivity index (χ1v) is 6.00. The Bertz CT molecular complexity index is 291. The van der Waals surface area contributed by atoms with Crippen LogP contribution in [0.25, 0.3) is 0 Å². The van der Waals surface area contributed by atoms with Crippen LogP contribution in [0.2, 0.25) is 0 Å². The molecule has 1 aliphatic heterocycles. The predicted octanol–water partition coefficient (Wildman–Crippen LogP) is 0.750. The van der Waals surface area contributed by atoms with Gasteiger partial charge in [0.2, 0.25) is 0 Å². The molecule has 0 aliphatic carbocycles. The quantitative estimate of drug-likeness (QED) is 0.382. The second kappa shape index (κ2) is 3.43. The highest BCUT2D eigenvalue weighted by Crippen LogP contribution is 2.32. The number of rotatable bonds is 1. The Morgan fingerprint density at radius 3 is 2.58 bits per heavy atom. The third-order valence-corrected chi connectivity index (χ3v) is 4.47. The molecule has 0 bridgehead atoms. The number of hydrogen-bond acceptors (Lipinski definition) is 4. The third-order valence-electron chi connectivity index (χ3n) is 1.44. The molecule has 1 aromatic carbocycles. The lowest BCUT2D eigenvalue weighted by atomic mass is 10.4. The van der Waals surface area contributed by atoms with Crippen molar-refractivity contribution in [1.82, 2.24) is 0 Å². The SMILES string of the molecule is O=[P+]1OO[SiH](c2ccccc2)O1. The van der Waals surface area contributed by atoms with Crippen LogP contribution < -0.4 is 5.19 Å². The molecular formula is C6H6O4PSi+. The van der Waals surface area contributed by atoms with E-state index in [9.17, 15) is 4.57 Å². The molecule has 1 aliphatic rings. The summed E-state index contributed by atoms with van der Waals surface area (Å²) >= 11 is 0. The van der Waals surface area contributed by atoms with Gasteiger partial charge in [0.05, 0.1) is 0 Å². The van der Waals surface area contributed by atoms with Gasteiger partial charge in [-0.25, -0.2) is 0 Å². The van der Waals surface area contributed by atoms with Crippen molar-refractivity contribution < 1.29 is 18.0 Å². The first kappa shape index (κ1) is 8.04. The van der Waals surface area contributed by atoms with Crippen LogP contribution >= 0.6 is 8.25 Å². The molecule has 12 heavy (non-hydrogen) atoms. The summed E-state index contributed by atoms with van der Waals surface area (Å²) in [5, 5.41) is 0.929. The van der Waals surface area contributed by atoms with Crippen LogP contribution in [0.4, 0.5) is 0 Å². The van der Waals surface area contributed by atoms with E-state index < -0.39 is 17.5 Å². The van der Waals surface area contributed by atoms with Gasteiger partial charge in [-0.05, 0) is 5.19 Å². The molecule has 0 aromatic heterocycles. The molecule has 1 fully saturated rings. The molecule has 6 heteroatoms. The van der Waals surface area contributed by atoms with Crippen LogP contribution in [-0.2, 0) is 18.0 Å². The lowest BCUT2D eigenvalue weighted by Gasteiger charge is -1.95. The van der Waals surface area contributed by atoms with Gasteiger partial charge >= 0.3 is 17.5 Å². The highest BCUT2D eigenvalue weighted by Gasteiger charge is 2.43. The van der Waals surface area contributed by atoms with Crippen LogP contribution in [0.3, 0.4) is 0 Å². The van der Waals surface area contributed by atoms with Crippen molar-refractivity contribution in [3.8, 4) is 0 Å². The van der Waals surface area contributed by atoms with Crippen LogP contribution in [0.5, 0.6) is 0 Å². The Kier molecular flexibility index (Phi) is 2.30. The van der Waals surface area contributed by atoms with Gasteiger partial charge in [0.1, 0.15) is 0 Å². The van der Waals surface area contributed by atoms with Crippen LogP contribution in [0.15, 0.2) is 30.3 Å². The first-order valence-electron chi connectivity index (χ1n) is 3.39. The third kappa shape index (κ3) is 1.60. The number of hydrogen-bond donors (Lipinski definition) is 0. The van der Waals surface area contributed by atoms with Crippen molar-refractivity contribution in [3.63, 3.8) is 0 Å². The molecule has 2 rings (SSSR count). The molecule has 0 radical (unpaired) electrons. The topological polar surface area (TPSA) is 44.8 Å². The molecule has 4 nitrogen and oxygen atoms in total. The lowest BCUT2D eigenvalue weighted by molar-refractivity contribution is -0.0836.